The average molecular weight is 128 g/mol. The van der Waals surface area contributed by atoms with Crippen LogP contribution in [-0.2, 0) is 6.61 Å². The maximum Gasteiger partial charge on any atom is 0.361 e. The number of aliphatic hydroxyl groups excluding tert-OH is 1. The van der Waals surface area contributed by atoms with Crippen LogP contribution in [0.2, 0.25) is 0 Å². The van der Waals surface area contributed by atoms with Crippen molar-refractivity contribution >= 4 is 6.01 Å². The van der Waals surface area contributed by atoms with Crippen molar-refractivity contribution in [2.75, 3.05) is 0 Å². The van der Waals surface area contributed by atoms with E-state index in [0.29, 0.717) is 0 Å². The number of hydrogen-bond donors (Lipinski definition) is 1. The van der Waals surface area contributed by atoms with E-state index >= 15 is 0 Å². The van der Waals surface area contributed by atoms with Gasteiger partial charge in [0.1, 0.15) is 6.61 Å². The van der Waals surface area contributed by atoms with Gasteiger partial charge in [-0.1, -0.05) is 0 Å². The minimum atomic E-state index is -0.261. The molecule has 0 spiro atoms. The molecule has 0 bridgehead atoms. The Morgan fingerprint density at radius 1 is 1.89 bits per heavy atom. The molecule has 0 radical (unpaired) electrons. The Labute approximate surface area is 50.3 Å². The van der Waals surface area contributed by atoms with E-state index < -0.39 is 0 Å². The van der Waals surface area contributed by atoms with Crippen molar-refractivity contribution in [2.24, 2.45) is 5.18 Å². The van der Waals surface area contributed by atoms with Crippen molar-refractivity contribution in [3.8, 4) is 0 Å². The lowest BCUT2D eigenvalue weighted by atomic mass is 10.6. The van der Waals surface area contributed by atoms with E-state index in [9.17, 15) is 4.91 Å². The third-order valence-corrected chi connectivity index (χ3v) is 0.775. The molecule has 0 saturated carbocycles. The van der Waals surface area contributed by atoms with E-state index in [4.69, 9.17) is 5.11 Å². The Hall–Kier alpha value is -1.23. The second-order valence-corrected chi connectivity index (χ2v) is 1.36. The number of rotatable bonds is 2. The van der Waals surface area contributed by atoms with Gasteiger partial charge in [-0.15, -0.1) is 4.91 Å². The van der Waals surface area contributed by atoms with Crippen molar-refractivity contribution in [3.63, 3.8) is 0 Å². The number of aromatic nitrogens is 1. The minimum Gasteiger partial charge on any atom is -0.423 e. The molecule has 0 aliphatic carbocycles. The molecular weight excluding hydrogens is 124 g/mol. The summed E-state index contributed by atoms with van der Waals surface area (Å²) in [5, 5.41) is 10.8. The molecule has 1 aromatic heterocycles. The van der Waals surface area contributed by atoms with Crippen LogP contribution in [0, 0.1) is 4.91 Å². The Morgan fingerprint density at radius 3 is 3.00 bits per heavy atom. The lowest BCUT2D eigenvalue weighted by Gasteiger charge is -1.79. The first-order valence-corrected chi connectivity index (χ1v) is 2.25. The fourth-order valence-electron chi connectivity index (χ4n) is 0.412. The molecule has 0 saturated heterocycles. The Bertz CT molecular complexity index is 207. The minimum absolute atomic E-state index is 0.240. The highest BCUT2D eigenvalue weighted by Gasteiger charge is 1.99. The standard InChI is InChI=1S/C4H4N2O3/c7-2-3-1-5-4(6-8)9-3/h1,7H,2H2. The second-order valence-electron chi connectivity index (χ2n) is 1.36. The quantitative estimate of drug-likeness (QED) is 0.590. The zero-order chi connectivity index (χ0) is 6.69. The fraction of sp³-hybridized carbons (Fsp3) is 0.250. The summed E-state index contributed by atoms with van der Waals surface area (Å²) in [6.45, 7) is -0.261. The Morgan fingerprint density at radius 2 is 2.67 bits per heavy atom. The average Bonchev–Trinajstić information content (AvgIpc) is 2.34. The molecule has 9 heavy (non-hydrogen) atoms. The summed E-state index contributed by atoms with van der Waals surface area (Å²) in [6, 6.07) is -0.251. The van der Waals surface area contributed by atoms with E-state index in [0.717, 1.165) is 0 Å². The molecule has 0 aliphatic heterocycles. The summed E-state index contributed by atoms with van der Waals surface area (Å²) in [7, 11) is 0. The molecule has 1 N–H and O–H groups in total. The highest BCUT2D eigenvalue weighted by molar-refractivity contribution is 5.09. The first-order chi connectivity index (χ1) is 4.36. The van der Waals surface area contributed by atoms with Crippen LogP contribution in [0.1, 0.15) is 5.76 Å². The van der Waals surface area contributed by atoms with E-state index in [-0.39, 0.29) is 18.4 Å². The van der Waals surface area contributed by atoms with E-state index in [1.54, 1.807) is 0 Å². The Kier molecular flexibility index (Phi) is 1.55. The monoisotopic (exact) mass is 128 g/mol. The number of oxazole rings is 1. The van der Waals surface area contributed by atoms with E-state index in [1.807, 2.05) is 0 Å². The maximum absolute atomic E-state index is 9.65. The van der Waals surface area contributed by atoms with Crippen molar-refractivity contribution in [1.82, 2.24) is 4.98 Å². The predicted molar refractivity (Wildman–Crippen MR) is 27.9 cm³/mol. The van der Waals surface area contributed by atoms with Gasteiger partial charge in [0.05, 0.1) is 6.20 Å². The van der Waals surface area contributed by atoms with Gasteiger partial charge in [0.2, 0.25) is 0 Å². The van der Waals surface area contributed by atoms with Crippen LogP contribution in [0.15, 0.2) is 15.8 Å². The smallest absolute Gasteiger partial charge is 0.361 e. The summed E-state index contributed by atoms with van der Waals surface area (Å²) in [5.74, 6) is 0.240. The molecule has 1 heterocycles. The van der Waals surface area contributed by atoms with E-state index in [2.05, 4.69) is 14.6 Å². The molecule has 0 aliphatic rings. The van der Waals surface area contributed by atoms with Gasteiger partial charge in [0.15, 0.2) is 5.76 Å². The summed E-state index contributed by atoms with van der Waals surface area (Å²) < 4.78 is 4.54. The molecule has 1 rings (SSSR count). The van der Waals surface area contributed by atoms with Crippen molar-refractivity contribution < 1.29 is 9.52 Å². The van der Waals surface area contributed by atoms with Crippen LogP contribution in [0.3, 0.4) is 0 Å². The van der Waals surface area contributed by atoms with Gasteiger partial charge >= 0.3 is 6.01 Å². The van der Waals surface area contributed by atoms with Gasteiger partial charge in [0.25, 0.3) is 0 Å². The van der Waals surface area contributed by atoms with Crippen LogP contribution in [0.25, 0.3) is 0 Å². The molecule has 5 heteroatoms. The first kappa shape index (κ1) is 5.90. The summed E-state index contributed by atoms with van der Waals surface area (Å²) >= 11 is 0. The number of nitroso groups, excluding NO2 is 1. The van der Waals surface area contributed by atoms with Crippen LogP contribution in [0.5, 0.6) is 0 Å². The molecule has 5 nitrogen and oxygen atoms in total. The Balaban J connectivity index is 2.86. The zero-order valence-electron chi connectivity index (χ0n) is 4.44. The summed E-state index contributed by atoms with van der Waals surface area (Å²) in [4.78, 5) is 13.0. The maximum atomic E-state index is 9.65. The third kappa shape index (κ3) is 1.11. The van der Waals surface area contributed by atoms with Crippen LogP contribution in [-0.4, -0.2) is 10.1 Å². The number of nitrogens with zero attached hydrogens (tertiary/aromatic N) is 2. The lowest BCUT2D eigenvalue weighted by Crippen LogP contribution is -1.72. The van der Waals surface area contributed by atoms with Gasteiger partial charge < -0.3 is 9.52 Å². The van der Waals surface area contributed by atoms with Gasteiger partial charge in [-0.25, -0.2) is 0 Å². The predicted octanol–water partition coefficient (Wildman–Crippen LogP) is 0.565. The molecule has 1 aromatic rings. The summed E-state index contributed by atoms with van der Waals surface area (Å²) in [6.07, 6.45) is 1.25. The van der Waals surface area contributed by atoms with E-state index in [1.165, 1.54) is 6.20 Å². The molecule has 0 unspecified atom stereocenters. The third-order valence-electron chi connectivity index (χ3n) is 0.775. The first-order valence-electron chi connectivity index (χ1n) is 2.25. The number of aliphatic hydroxyl groups is 1. The van der Waals surface area contributed by atoms with Crippen LogP contribution in [0.4, 0.5) is 6.01 Å². The molecule has 0 aromatic carbocycles. The molecule has 48 valence electrons. The van der Waals surface area contributed by atoms with Crippen LogP contribution >= 0.6 is 0 Å². The lowest BCUT2D eigenvalue weighted by molar-refractivity contribution is 0.248. The second kappa shape index (κ2) is 2.36. The topological polar surface area (TPSA) is 75.7 Å². The molecular formula is C4H4N2O3. The molecule has 0 fully saturated rings. The van der Waals surface area contributed by atoms with Gasteiger partial charge in [-0.3, -0.25) is 0 Å². The van der Waals surface area contributed by atoms with Gasteiger partial charge in [0, 0.05) is 5.18 Å². The van der Waals surface area contributed by atoms with Gasteiger partial charge in [-0.2, -0.15) is 4.98 Å². The van der Waals surface area contributed by atoms with Crippen molar-refractivity contribution in [2.45, 2.75) is 6.61 Å². The molecule has 0 amide bonds. The fourth-order valence-corrected chi connectivity index (χ4v) is 0.412. The summed E-state index contributed by atoms with van der Waals surface area (Å²) in [5.41, 5.74) is 0. The molecule has 0 atom stereocenters. The van der Waals surface area contributed by atoms with Crippen molar-refractivity contribution in [1.29, 1.82) is 0 Å². The normalized spacial score (nSPS) is 9.44. The van der Waals surface area contributed by atoms with Gasteiger partial charge in [-0.05, 0) is 0 Å². The largest absolute Gasteiger partial charge is 0.423 e. The van der Waals surface area contributed by atoms with Crippen LogP contribution < -0.4 is 0 Å². The van der Waals surface area contributed by atoms with Crippen molar-refractivity contribution in [3.05, 3.63) is 16.9 Å². The highest BCUT2D eigenvalue weighted by Crippen LogP contribution is 2.10. The SMILES string of the molecule is O=Nc1ncc(CO)o1. The number of hydrogen-bond acceptors (Lipinski definition) is 5. The highest BCUT2D eigenvalue weighted by atomic mass is 16.4. The zero-order valence-corrected chi connectivity index (χ0v) is 4.44.